The molecule has 3 aromatic rings. The minimum absolute atomic E-state index is 0.0260. The number of nitrogens with one attached hydrogen (secondary N) is 2. The van der Waals surface area contributed by atoms with Gasteiger partial charge in [-0.2, -0.15) is 13.2 Å². The monoisotopic (exact) mass is 530 g/mol. The molecule has 1 heterocycles. The maximum Gasteiger partial charge on any atom is 0.416 e. The average Bonchev–Trinajstić information content (AvgIpc) is 3.37. The second kappa shape index (κ2) is 9.33. The Kier molecular flexibility index (Phi) is 6.31. The van der Waals surface area contributed by atoms with Crippen LogP contribution in [0.1, 0.15) is 35.1 Å². The third-order valence-electron chi connectivity index (χ3n) is 6.86. The number of hydrogen-bond acceptors (Lipinski definition) is 5. The number of methoxy groups -OCH3 is 2. The predicted octanol–water partition coefficient (Wildman–Crippen LogP) is 6.35. The Morgan fingerprint density at radius 3 is 2.49 bits per heavy atom. The molecule has 2 aliphatic rings. The molecule has 3 atom stereocenters. The van der Waals surface area contributed by atoms with E-state index in [-0.39, 0.29) is 28.5 Å². The maximum absolute atomic E-state index is 13.1. The zero-order valence-electron chi connectivity index (χ0n) is 20.0. The lowest BCUT2D eigenvalue weighted by Gasteiger charge is -2.38. The Hall–Kier alpha value is -3.66. The highest BCUT2D eigenvalue weighted by molar-refractivity contribution is 7.92. The molecule has 3 aromatic carbocycles. The van der Waals surface area contributed by atoms with Gasteiger partial charge >= 0.3 is 6.18 Å². The largest absolute Gasteiger partial charge is 0.493 e. The number of benzene rings is 3. The number of sulfonamides is 1. The summed E-state index contributed by atoms with van der Waals surface area (Å²) >= 11 is 0. The van der Waals surface area contributed by atoms with Crippen molar-refractivity contribution < 1.29 is 31.1 Å². The van der Waals surface area contributed by atoms with Crippen LogP contribution in [0.5, 0.6) is 11.5 Å². The first-order valence-electron chi connectivity index (χ1n) is 11.6. The van der Waals surface area contributed by atoms with E-state index in [0.29, 0.717) is 11.5 Å². The first kappa shape index (κ1) is 25.0. The highest BCUT2D eigenvalue weighted by atomic mass is 32.2. The topological polar surface area (TPSA) is 76.7 Å². The Labute approximate surface area is 213 Å². The van der Waals surface area contributed by atoms with Gasteiger partial charge in [0.15, 0.2) is 11.5 Å². The van der Waals surface area contributed by atoms with Crippen LogP contribution < -0.4 is 19.5 Å². The number of allylic oxidation sites excluding steroid dienone is 2. The van der Waals surface area contributed by atoms with E-state index in [4.69, 9.17) is 9.47 Å². The Morgan fingerprint density at radius 2 is 1.76 bits per heavy atom. The summed E-state index contributed by atoms with van der Waals surface area (Å²) in [7, 11) is -0.951. The van der Waals surface area contributed by atoms with E-state index in [1.807, 2.05) is 18.2 Å². The van der Waals surface area contributed by atoms with Crippen molar-refractivity contribution >= 4 is 21.4 Å². The van der Waals surface area contributed by atoms with Crippen molar-refractivity contribution in [1.82, 2.24) is 0 Å². The molecule has 0 aromatic heterocycles. The van der Waals surface area contributed by atoms with Gasteiger partial charge in [0.05, 0.1) is 30.7 Å². The standard InChI is InChI=1S/C27H25F3N2O4S/c1-35-24-11-5-10-21(26(24)36-2)25-20-9-4-8-19(20)22-15-18(12-13-23(22)31-25)37(33,34)32-17-7-3-6-16(14-17)27(28,29)30/h3-8,10-15,19-20,25,31-32H,9H2,1-2H3. The lowest BCUT2D eigenvalue weighted by atomic mass is 9.77. The van der Waals surface area contributed by atoms with Crippen LogP contribution in [0.4, 0.5) is 24.5 Å². The van der Waals surface area contributed by atoms with Gasteiger partial charge in [-0.05, 0) is 60.4 Å². The van der Waals surface area contributed by atoms with Crippen LogP contribution in [0.3, 0.4) is 0 Å². The van der Waals surface area contributed by atoms with Crippen molar-refractivity contribution in [3.63, 3.8) is 0 Å². The number of alkyl halides is 3. The highest BCUT2D eigenvalue weighted by Gasteiger charge is 2.40. The number of anilines is 2. The summed E-state index contributed by atoms with van der Waals surface area (Å²) in [6.07, 6.45) is 0.348. The quantitative estimate of drug-likeness (QED) is 0.363. The molecule has 1 aliphatic heterocycles. The fourth-order valence-corrected chi connectivity index (χ4v) is 6.26. The summed E-state index contributed by atoms with van der Waals surface area (Å²) in [5, 5.41) is 3.55. The van der Waals surface area contributed by atoms with E-state index in [2.05, 4.69) is 22.2 Å². The maximum atomic E-state index is 13.1. The van der Waals surface area contributed by atoms with Crippen molar-refractivity contribution in [3.8, 4) is 11.5 Å². The summed E-state index contributed by atoms with van der Waals surface area (Å²) in [5.41, 5.74) is 1.44. The van der Waals surface area contributed by atoms with E-state index in [0.717, 1.165) is 35.4 Å². The number of rotatable bonds is 6. The first-order chi connectivity index (χ1) is 17.6. The Balaban J connectivity index is 1.48. The fourth-order valence-electron chi connectivity index (χ4n) is 5.18. The molecule has 0 saturated carbocycles. The number of hydrogen-bond donors (Lipinski definition) is 2. The molecule has 0 bridgehead atoms. The van der Waals surface area contributed by atoms with Crippen LogP contribution >= 0.6 is 0 Å². The van der Waals surface area contributed by atoms with Crippen LogP contribution in [-0.2, 0) is 16.2 Å². The SMILES string of the molecule is COc1cccc(C2Nc3ccc(S(=O)(=O)Nc4cccc(C(F)(F)F)c4)cc3C3C=CCC32)c1OC. The second-order valence-corrected chi connectivity index (χ2v) is 10.7. The lowest BCUT2D eigenvalue weighted by Crippen LogP contribution is -2.29. The molecular formula is C27H25F3N2O4S. The van der Waals surface area contributed by atoms with Gasteiger partial charge in [-0.3, -0.25) is 4.72 Å². The molecule has 6 nitrogen and oxygen atoms in total. The van der Waals surface area contributed by atoms with E-state index < -0.39 is 21.8 Å². The Morgan fingerprint density at radius 1 is 0.973 bits per heavy atom. The molecule has 0 saturated heterocycles. The third-order valence-corrected chi connectivity index (χ3v) is 8.23. The van der Waals surface area contributed by atoms with Gasteiger partial charge in [-0.25, -0.2) is 8.42 Å². The van der Waals surface area contributed by atoms with Crippen molar-refractivity contribution in [2.75, 3.05) is 24.3 Å². The summed E-state index contributed by atoms with van der Waals surface area (Å²) in [5.74, 6) is 1.31. The van der Waals surface area contributed by atoms with Crippen LogP contribution in [0.15, 0.2) is 77.7 Å². The second-order valence-electron chi connectivity index (χ2n) is 8.99. The van der Waals surface area contributed by atoms with Crippen LogP contribution in [0.2, 0.25) is 0 Å². The van der Waals surface area contributed by atoms with Gasteiger partial charge < -0.3 is 14.8 Å². The van der Waals surface area contributed by atoms with Crippen LogP contribution in [0, 0.1) is 5.92 Å². The Bertz CT molecular complexity index is 1470. The molecule has 0 amide bonds. The van der Waals surface area contributed by atoms with Crippen molar-refractivity contribution in [2.24, 2.45) is 5.92 Å². The minimum atomic E-state index is -4.58. The molecule has 0 radical (unpaired) electrons. The van der Waals surface area contributed by atoms with E-state index in [9.17, 15) is 21.6 Å². The number of fused-ring (bicyclic) bond motifs is 3. The van der Waals surface area contributed by atoms with Gasteiger partial charge in [-0.1, -0.05) is 30.4 Å². The van der Waals surface area contributed by atoms with Gasteiger partial charge in [0.1, 0.15) is 0 Å². The van der Waals surface area contributed by atoms with Gasteiger partial charge in [0.2, 0.25) is 0 Å². The van der Waals surface area contributed by atoms with Crippen molar-refractivity contribution in [1.29, 1.82) is 0 Å². The summed E-state index contributed by atoms with van der Waals surface area (Å²) < 4.78 is 78.9. The molecule has 1 aliphatic carbocycles. The first-order valence-corrected chi connectivity index (χ1v) is 13.1. The molecule has 0 spiro atoms. The molecular weight excluding hydrogens is 505 g/mol. The number of halogens is 3. The van der Waals surface area contributed by atoms with Gasteiger partial charge in [0.25, 0.3) is 10.0 Å². The smallest absolute Gasteiger partial charge is 0.416 e. The van der Waals surface area contributed by atoms with Crippen molar-refractivity contribution in [2.45, 2.75) is 29.5 Å². The van der Waals surface area contributed by atoms with Crippen LogP contribution in [0.25, 0.3) is 0 Å². The third kappa shape index (κ3) is 4.61. The molecule has 0 fully saturated rings. The molecule has 10 heteroatoms. The summed E-state index contributed by atoms with van der Waals surface area (Å²) in [6.45, 7) is 0. The zero-order valence-corrected chi connectivity index (χ0v) is 20.9. The average molecular weight is 531 g/mol. The zero-order chi connectivity index (χ0) is 26.4. The molecule has 3 unspecified atom stereocenters. The molecule has 37 heavy (non-hydrogen) atoms. The molecule has 2 N–H and O–H groups in total. The van der Waals surface area contributed by atoms with E-state index in [1.165, 1.54) is 18.2 Å². The van der Waals surface area contributed by atoms with E-state index in [1.54, 1.807) is 26.4 Å². The molecule has 5 rings (SSSR count). The lowest BCUT2D eigenvalue weighted by molar-refractivity contribution is -0.137. The highest BCUT2D eigenvalue weighted by Crippen LogP contribution is 2.52. The van der Waals surface area contributed by atoms with E-state index >= 15 is 0 Å². The number of para-hydroxylation sites is 1. The fraction of sp³-hybridized carbons (Fsp3) is 0.259. The summed E-state index contributed by atoms with van der Waals surface area (Å²) in [6, 6.07) is 14.5. The normalized spacial score (nSPS) is 20.5. The number of ether oxygens (including phenoxy) is 2. The predicted molar refractivity (Wildman–Crippen MR) is 135 cm³/mol. The van der Waals surface area contributed by atoms with Gasteiger partial charge in [-0.15, -0.1) is 0 Å². The molecule has 194 valence electrons. The summed E-state index contributed by atoms with van der Waals surface area (Å²) in [4.78, 5) is -0.0260. The van der Waals surface area contributed by atoms with Crippen molar-refractivity contribution in [3.05, 3.63) is 89.5 Å². The minimum Gasteiger partial charge on any atom is -0.493 e. The van der Waals surface area contributed by atoms with Gasteiger partial charge in [0, 0.05) is 22.9 Å². The van der Waals surface area contributed by atoms with Crippen LogP contribution in [-0.4, -0.2) is 22.6 Å².